The summed E-state index contributed by atoms with van der Waals surface area (Å²) < 4.78 is 29.2. The smallest absolute Gasteiger partial charge is 0.305 e. The first kappa shape index (κ1) is 17.7. The highest BCUT2D eigenvalue weighted by Gasteiger charge is 2.23. The molecule has 0 spiro atoms. The van der Waals surface area contributed by atoms with Crippen molar-refractivity contribution >= 4 is 28.6 Å². The standard InChI is InChI=1S/C19H14F2N4O3/c20-10-5-6-12(21)11(7-10)14(9-18(26)27)23-19(28)15-8-17-22-13-3-1-2-4-16(13)25(17)24-15/h1-8,14,24H,9H2,(H,23,28)(H,26,27). The van der Waals surface area contributed by atoms with Crippen molar-refractivity contribution in [3.63, 3.8) is 0 Å². The van der Waals surface area contributed by atoms with Crippen LogP contribution in [0.25, 0.3) is 16.7 Å². The first-order valence-electron chi connectivity index (χ1n) is 8.36. The number of para-hydroxylation sites is 2. The second kappa shape index (κ2) is 6.76. The number of aromatic amines is 1. The number of carbonyl (C=O) groups excluding carboxylic acids is 1. The molecule has 4 aromatic rings. The molecule has 0 fully saturated rings. The third-order valence-corrected chi connectivity index (χ3v) is 4.35. The van der Waals surface area contributed by atoms with Crippen LogP contribution < -0.4 is 5.32 Å². The minimum Gasteiger partial charge on any atom is -0.481 e. The molecule has 3 N–H and O–H groups in total. The Morgan fingerprint density at radius 1 is 1.18 bits per heavy atom. The maximum Gasteiger partial charge on any atom is 0.305 e. The number of hydrogen-bond donors (Lipinski definition) is 3. The second-order valence-corrected chi connectivity index (χ2v) is 6.25. The number of fused-ring (bicyclic) bond motifs is 3. The Balaban J connectivity index is 1.66. The van der Waals surface area contributed by atoms with Crippen LogP contribution in [0.1, 0.15) is 28.5 Å². The number of amides is 1. The molecule has 1 unspecified atom stereocenters. The first-order chi connectivity index (χ1) is 13.4. The molecule has 142 valence electrons. The van der Waals surface area contributed by atoms with E-state index >= 15 is 0 Å². The first-order valence-corrected chi connectivity index (χ1v) is 8.36. The molecule has 0 saturated carbocycles. The number of hydrogen-bond acceptors (Lipinski definition) is 3. The van der Waals surface area contributed by atoms with Gasteiger partial charge in [-0.25, -0.2) is 18.3 Å². The van der Waals surface area contributed by atoms with E-state index < -0.39 is 36.0 Å². The molecule has 0 bridgehead atoms. The van der Waals surface area contributed by atoms with Crippen LogP contribution in [0.4, 0.5) is 8.78 Å². The van der Waals surface area contributed by atoms with Gasteiger partial charge in [0, 0.05) is 11.6 Å². The van der Waals surface area contributed by atoms with Gasteiger partial charge in [0.2, 0.25) is 0 Å². The van der Waals surface area contributed by atoms with Crippen LogP contribution in [0, 0.1) is 11.6 Å². The van der Waals surface area contributed by atoms with Gasteiger partial charge in [-0.05, 0) is 30.3 Å². The number of carbonyl (C=O) groups is 2. The molecule has 4 rings (SSSR count). The Labute approximate surface area is 156 Å². The minimum atomic E-state index is -1.26. The van der Waals surface area contributed by atoms with Gasteiger partial charge in [0.25, 0.3) is 5.91 Å². The molecule has 0 aliphatic heterocycles. The lowest BCUT2D eigenvalue weighted by Gasteiger charge is -2.17. The summed E-state index contributed by atoms with van der Waals surface area (Å²) in [7, 11) is 0. The van der Waals surface area contributed by atoms with Gasteiger partial charge in [0.05, 0.1) is 23.5 Å². The van der Waals surface area contributed by atoms with Crippen LogP contribution in [-0.2, 0) is 4.79 Å². The number of nitrogens with one attached hydrogen (secondary N) is 2. The van der Waals surface area contributed by atoms with Gasteiger partial charge >= 0.3 is 5.97 Å². The fourth-order valence-electron chi connectivity index (χ4n) is 3.09. The lowest BCUT2D eigenvalue weighted by atomic mass is 10.0. The number of nitrogens with zero attached hydrogens (tertiary/aromatic N) is 2. The zero-order valence-electron chi connectivity index (χ0n) is 14.3. The summed E-state index contributed by atoms with van der Waals surface area (Å²) in [5.74, 6) is -3.46. The van der Waals surface area contributed by atoms with Gasteiger partial charge < -0.3 is 10.4 Å². The predicted molar refractivity (Wildman–Crippen MR) is 95.9 cm³/mol. The van der Waals surface area contributed by atoms with Gasteiger partial charge in [-0.15, -0.1) is 0 Å². The number of carboxylic acid groups (broad SMARTS) is 1. The van der Waals surface area contributed by atoms with Crippen LogP contribution in [0.3, 0.4) is 0 Å². The minimum absolute atomic E-state index is 0.112. The Morgan fingerprint density at radius 2 is 1.96 bits per heavy atom. The van der Waals surface area contributed by atoms with E-state index in [4.69, 9.17) is 5.11 Å². The van der Waals surface area contributed by atoms with E-state index in [0.29, 0.717) is 5.65 Å². The van der Waals surface area contributed by atoms with Crippen LogP contribution in [0.2, 0.25) is 0 Å². The monoisotopic (exact) mass is 384 g/mol. The number of carboxylic acids is 1. The largest absolute Gasteiger partial charge is 0.481 e. The molecular weight excluding hydrogens is 370 g/mol. The molecule has 0 saturated heterocycles. The average molecular weight is 384 g/mol. The van der Waals surface area contributed by atoms with Crippen molar-refractivity contribution in [3.05, 3.63) is 71.4 Å². The Morgan fingerprint density at radius 3 is 2.75 bits per heavy atom. The summed E-state index contributed by atoms with van der Waals surface area (Å²) in [5.41, 5.74) is 1.87. The molecule has 7 nitrogen and oxygen atoms in total. The Bertz CT molecular complexity index is 1210. The highest BCUT2D eigenvalue weighted by molar-refractivity contribution is 5.95. The van der Waals surface area contributed by atoms with Gasteiger partial charge in [-0.1, -0.05) is 12.1 Å². The van der Waals surface area contributed by atoms with Crippen LogP contribution >= 0.6 is 0 Å². The number of imidazole rings is 1. The third kappa shape index (κ3) is 3.18. The molecule has 1 atom stereocenters. The summed E-state index contributed by atoms with van der Waals surface area (Å²) in [4.78, 5) is 28.1. The van der Waals surface area contributed by atoms with E-state index in [-0.39, 0.29) is 11.3 Å². The topological polar surface area (TPSA) is 99.5 Å². The molecule has 2 aromatic heterocycles. The van der Waals surface area contributed by atoms with Gasteiger partial charge in [-0.2, -0.15) is 0 Å². The van der Waals surface area contributed by atoms with Crippen LogP contribution in [-0.4, -0.2) is 31.6 Å². The van der Waals surface area contributed by atoms with E-state index in [9.17, 15) is 18.4 Å². The SMILES string of the molecule is O=C(O)CC(NC(=O)c1cc2nc3ccccc3n2[nH]1)c1cc(F)ccc1F. The summed E-state index contributed by atoms with van der Waals surface area (Å²) in [5, 5.41) is 14.4. The van der Waals surface area contributed by atoms with E-state index in [2.05, 4.69) is 15.4 Å². The number of aliphatic carboxylic acids is 1. The number of rotatable bonds is 5. The number of H-pyrrole nitrogens is 1. The summed E-state index contributed by atoms with van der Waals surface area (Å²) in [6.07, 6.45) is -0.604. The van der Waals surface area contributed by atoms with Crippen molar-refractivity contribution in [1.29, 1.82) is 0 Å². The van der Waals surface area contributed by atoms with Gasteiger partial charge in [0.15, 0.2) is 5.65 Å². The molecule has 2 aromatic carbocycles. The van der Waals surface area contributed by atoms with Crippen molar-refractivity contribution in [1.82, 2.24) is 19.9 Å². The molecule has 0 aliphatic carbocycles. The Hall–Kier alpha value is -3.75. The zero-order valence-corrected chi connectivity index (χ0v) is 14.3. The van der Waals surface area contributed by atoms with Gasteiger partial charge in [-0.3, -0.25) is 14.7 Å². The molecule has 28 heavy (non-hydrogen) atoms. The normalized spacial score (nSPS) is 12.4. The van der Waals surface area contributed by atoms with Crippen molar-refractivity contribution in [2.45, 2.75) is 12.5 Å². The van der Waals surface area contributed by atoms with Crippen molar-refractivity contribution in [2.24, 2.45) is 0 Å². The lowest BCUT2D eigenvalue weighted by molar-refractivity contribution is -0.137. The summed E-state index contributed by atoms with van der Waals surface area (Å²) in [6, 6.07) is 10.2. The molecule has 1 amide bonds. The van der Waals surface area contributed by atoms with E-state index in [0.717, 1.165) is 29.2 Å². The zero-order chi connectivity index (χ0) is 19.8. The highest BCUT2D eigenvalue weighted by Crippen LogP contribution is 2.23. The van der Waals surface area contributed by atoms with E-state index in [1.807, 2.05) is 24.3 Å². The quantitative estimate of drug-likeness (QED) is 0.492. The average Bonchev–Trinajstić information content (AvgIpc) is 3.21. The maximum absolute atomic E-state index is 14.1. The Kier molecular flexibility index (Phi) is 4.26. The number of halogens is 2. The van der Waals surface area contributed by atoms with E-state index in [1.54, 1.807) is 4.52 Å². The number of benzene rings is 2. The van der Waals surface area contributed by atoms with Crippen molar-refractivity contribution in [3.8, 4) is 0 Å². The highest BCUT2D eigenvalue weighted by atomic mass is 19.1. The van der Waals surface area contributed by atoms with Gasteiger partial charge in [0.1, 0.15) is 17.3 Å². The summed E-state index contributed by atoms with van der Waals surface area (Å²) in [6.45, 7) is 0. The van der Waals surface area contributed by atoms with E-state index in [1.165, 1.54) is 6.07 Å². The molecule has 9 heteroatoms. The lowest BCUT2D eigenvalue weighted by Crippen LogP contribution is -2.31. The van der Waals surface area contributed by atoms with Crippen molar-refractivity contribution in [2.75, 3.05) is 0 Å². The number of aromatic nitrogens is 3. The molecule has 0 radical (unpaired) electrons. The predicted octanol–water partition coefficient (Wildman–Crippen LogP) is 3.04. The van der Waals surface area contributed by atoms with Crippen molar-refractivity contribution < 1.29 is 23.5 Å². The fraction of sp³-hybridized carbons (Fsp3) is 0.105. The van der Waals surface area contributed by atoms with Crippen LogP contribution in [0.5, 0.6) is 0 Å². The van der Waals surface area contributed by atoms with Crippen LogP contribution in [0.15, 0.2) is 48.5 Å². The molecule has 2 heterocycles. The summed E-state index contributed by atoms with van der Waals surface area (Å²) >= 11 is 0. The molecule has 0 aliphatic rings. The second-order valence-electron chi connectivity index (χ2n) is 6.25. The maximum atomic E-state index is 14.1. The molecular formula is C19H14F2N4O3. The third-order valence-electron chi connectivity index (χ3n) is 4.35. The fourth-order valence-corrected chi connectivity index (χ4v) is 3.09.